The summed E-state index contributed by atoms with van der Waals surface area (Å²) in [6, 6.07) is 13.3. The van der Waals surface area contributed by atoms with Gasteiger partial charge in [0.1, 0.15) is 6.07 Å². The molecule has 7 heteroatoms. The first-order valence-electron chi connectivity index (χ1n) is 6.78. The Morgan fingerprint density at radius 3 is 2.57 bits per heavy atom. The summed E-state index contributed by atoms with van der Waals surface area (Å²) in [4.78, 5) is 8.33. The SMILES string of the molecule is N#Cc1ccccc1S(=O)(=O)NCc1ccc2nccnc2c1. The summed E-state index contributed by atoms with van der Waals surface area (Å²) >= 11 is 0. The molecule has 114 valence electrons. The van der Waals surface area contributed by atoms with Gasteiger partial charge in [-0.1, -0.05) is 18.2 Å². The number of aromatic nitrogens is 2. The topological polar surface area (TPSA) is 95.7 Å². The van der Waals surface area contributed by atoms with E-state index in [2.05, 4.69) is 14.7 Å². The minimum Gasteiger partial charge on any atom is -0.253 e. The lowest BCUT2D eigenvalue weighted by Crippen LogP contribution is -2.24. The molecule has 0 aliphatic carbocycles. The number of nitrogens with one attached hydrogen (secondary N) is 1. The summed E-state index contributed by atoms with van der Waals surface area (Å²) in [5.74, 6) is 0. The lowest BCUT2D eigenvalue weighted by molar-refractivity contribution is 0.581. The molecule has 2 aromatic carbocycles. The predicted molar refractivity (Wildman–Crippen MR) is 84.7 cm³/mol. The molecule has 0 amide bonds. The van der Waals surface area contributed by atoms with Gasteiger partial charge in [0, 0.05) is 18.9 Å². The number of fused-ring (bicyclic) bond motifs is 1. The van der Waals surface area contributed by atoms with Crippen LogP contribution in [0, 0.1) is 11.3 Å². The number of benzene rings is 2. The number of hydrogen-bond acceptors (Lipinski definition) is 5. The van der Waals surface area contributed by atoms with Crippen LogP contribution in [0.5, 0.6) is 0 Å². The van der Waals surface area contributed by atoms with Gasteiger partial charge in [0.15, 0.2) is 0 Å². The van der Waals surface area contributed by atoms with Crippen LogP contribution in [0.3, 0.4) is 0 Å². The van der Waals surface area contributed by atoms with Crippen molar-refractivity contribution in [3.8, 4) is 6.07 Å². The van der Waals surface area contributed by atoms with Crippen molar-refractivity contribution in [1.29, 1.82) is 5.26 Å². The third kappa shape index (κ3) is 3.18. The smallest absolute Gasteiger partial charge is 0.242 e. The molecule has 0 unspecified atom stereocenters. The van der Waals surface area contributed by atoms with Gasteiger partial charge in [0.2, 0.25) is 10.0 Å². The second-order valence-corrected chi connectivity index (χ2v) is 6.55. The number of sulfonamides is 1. The van der Waals surface area contributed by atoms with Gasteiger partial charge in [-0.15, -0.1) is 0 Å². The quantitative estimate of drug-likeness (QED) is 0.791. The van der Waals surface area contributed by atoms with Crippen molar-refractivity contribution in [2.24, 2.45) is 0 Å². The molecule has 1 heterocycles. The molecule has 0 aliphatic heterocycles. The van der Waals surface area contributed by atoms with Crippen molar-refractivity contribution >= 4 is 21.1 Å². The van der Waals surface area contributed by atoms with Crippen LogP contribution in [-0.4, -0.2) is 18.4 Å². The van der Waals surface area contributed by atoms with Crippen LogP contribution in [0.2, 0.25) is 0 Å². The summed E-state index contributed by atoms with van der Waals surface area (Å²) in [7, 11) is -3.76. The van der Waals surface area contributed by atoms with E-state index in [0.717, 1.165) is 11.1 Å². The summed E-state index contributed by atoms with van der Waals surface area (Å²) in [6.45, 7) is 0.106. The molecule has 1 N–H and O–H groups in total. The highest BCUT2D eigenvalue weighted by Gasteiger charge is 2.17. The summed E-state index contributed by atoms with van der Waals surface area (Å²) < 4.78 is 27.2. The van der Waals surface area contributed by atoms with Gasteiger partial charge in [-0.3, -0.25) is 9.97 Å². The summed E-state index contributed by atoms with van der Waals surface area (Å²) in [6.07, 6.45) is 3.18. The van der Waals surface area contributed by atoms with Gasteiger partial charge in [0.25, 0.3) is 0 Å². The van der Waals surface area contributed by atoms with E-state index in [1.807, 2.05) is 6.07 Å². The first kappa shape index (κ1) is 15.1. The number of nitriles is 1. The maximum Gasteiger partial charge on any atom is 0.242 e. The van der Waals surface area contributed by atoms with E-state index < -0.39 is 10.0 Å². The second-order valence-electron chi connectivity index (χ2n) is 4.81. The Morgan fingerprint density at radius 2 is 1.78 bits per heavy atom. The molecule has 0 bridgehead atoms. The average Bonchev–Trinajstić information content (AvgIpc) is 2.60. The first-order chi connectivity index (χ1) is 11.1. The van der Waals surface area contributed by atoms with Gasteiger partial charge >= 0.3 is 0 Å². The minimum atomic E-state index is -3.76. The zero-order valence-corrected chi connectivity index (χ0v) is 12.8. The Labute approximate surface area is 133 Å². The highest BCUT2D eigenvalue weighted by Crippen LogP contribution is 2.16. The van der Waals surface area contributed by atoms with E-state index in [9.17, 15) is 8.42 Å². The van der Waals surface area contributed by atoms with Crippen LogP contribution in [-0.2, 0) is 16.6 Å². The van der Waals surface area contributed by atoms with E-state index in [1.54, 1.807) is 42.7 Å². The van der Waals surface area contributed by atoms with Crippen LogP contribution in [0.25, 0.3) is 11.0 Å². The average molecular weight is 324 g/mol. The molecule has 0 saturated heterocycles. The lowest BCUT2D eigenvalue weighted by Gasteiger charge is -2.08. The Bertz CT molecular complexity index is 1010. The molecule has 6 nitrogen and oxygen atoms in total. The van der Waals surface area contributed by atoms with E-state index >= 15 is 0 Å². The van der Waals surface area contributed by atoms with Crippen molar-refractivity contribution in [2.45, 2.75) is 11.4 Å². The summed E-state index contributed by atoms with van der Waals surface area (Å²) in [5.41, 5.74) is 2.32. The Balaban J connectivity index is 1.85. The number of rotatable bonds is 4. The van der Waals surface area contributed by atoms with Crippen LogP contribution < -0.4 is 4.72 Å². The maximum absolute atomic E-state index is 12.4. The third-order valence-corrected chi connectivity index (χ3v) is 4.76. The molecular formula is C16H12N4O2S. The molecule has 1 aromatic heterocycles. The zero-order valence-electron chi connectivity index (χ0n) is 12.0. The van der Waals surface area contributed by atoms with E-state index in [-0.39, 0.29) is 17.0 Å². The van der Waals surface area contributed by atoms with Crippen molar-refractivity contribution in [2.75, 3.05) is 0 Å². The van der Waals surface area contributed by atoms with Crippen LogP contribution in [0.1, 0.15) is 11.1 Å². The molecule has 0 spiro atoms. The van der Waals surface area contributed by atoms with Gasteiger partial charge in [-0.2, -0.15) is 5.26 Å². The Hall–Kier alpha value is -2.82. The largest absolute Gasteiger partial charge is 0.253 e. The molecule has 0 saturated carbocycles. The molecule has 3 rings (SSSR count). The monoisotopic (exact) mass is 324 g/mol. The summed E-state index contributed by atoms with van der Waals surface area (Å²) in [5, 5.41) is 9.03. The zero-order chi connectivity index (χ0) is 16.3. The Kier molecular flexibility index (Phi) is 4.02. The predicted octanol–water partition coefficient (Wildman–Crippen LogP) is 1.98. The third-order valence-electron chi connectivity index (χ3n) is 3.30. The van der Waals surface area contributed by atoms with Crippen molar-refractivity contribution < 1.29 is 8.42 Å². The van der Waals surface area contributed by atoms with Gasteiger partial charge in [-0.25, -0.2) is 13.1 Å². The lowest BCUT2D eigenvalue weighted by atomic mass is 10.2. The number of nitrogens with zero attached hydrogens (tertiary/aromatic N) is 3. The normalized spacial score (nSPS) is 11.3. The number of hydrogen-bond donors (Lipinski definition) is 1. The molecule has 3 aromatic rings. The molecule has 0 aliphatic rings. The second kappa shape index (κ2) is 6.12. The van der Waals surface area contributed by atoms with E-state index in [0.29, 0.717) is 5.52 Å². The van der Waals surface area contributed by atoms with Gasteiger partial charge in [0.05, 0.1) is 21.5 Å². The fourth-order valence-electron chi connectivity index (χ4n) is 2.17. The van der Waals surface area contributed by atoms with Gasteiger partial charge in [-0.05, 0) is 29.8 Å². The molecule has 23 heavy (non-hydrogen) atoms. The minimum absolute atomic E-state index is 0.0249. The van der Waals surface area contributed by atoms with Crippen molar-refractivity contribution in [1.82, 2.24) is 14.7 Å². The van der Waals surface area contributed by atoms with Crippen LogP contribution in [0.15, 0.2) is 59.8 Å². The molecule has 0 fully saturated rings. The van der Waals surface area contributed by atoms with E-state index in [4.69, 9.17) is 5.26 Å². The Morgan fingerprint density at radius 1 is 1.04 bits per heavy atom. The molecular weight excluding hydrogens is 312 g/mol. The molecule has 0 atom stereocenters. The van der Waals surface area contributed by atoms with Crippen LogP contribution in [0.4, 0.5) is 0 Å². The first-order valence-corrected chi connectivity index (χ1v) is 8.27. The fraction of sp³-hybridized carbons (Fsp3) is 0.0625. The molecule has 0 radical (unpaired) electrons. The van der Waals surface area contributed by atoms with E-state index in [1.165, 1.54) is 12.1 Å². The van der Waals surface area contributed by atoms with Crippen LogP contribution >= 0.6 is 0 Å². The fourth-order valence-corrected chi connectivity index (χ4v) is 3.34. The standard InChI is InChI=1S/C16H12N4O2S/c17-10-13-3-1-2-4-16(13)23(21,22)20-11-12-5-6-14-15(9-12)19-8-7-18-14/h1-9,20H,11H2. The highest BCUT2D eigenvalue weighted by atomic mass is 32.2. The van der Waals surface area contributed by atoms with Crippen molar-refractivity contribution in [3.05, 3.63) is 66.0 Å². The highest BCUT2D eigenvalue weighted by molar-refractivity contribution is 7.89. The van der Waals surface area contributed by atoms with Crippen molar-refractivity contribution in [3.63, 3.8) is 0 Å². The maximum atomic E-state index is 12.4. The van der Waals surface area contributed by atoms with Gasteiger partial charge < -0.3 is 0 Å².